The molecule has 0 saturated carbocycles. The number of carboxylic acid groups (broad SMARTS) is 1. The lowest BCUT2D eigenvalue weighted by molar-refractivity contribution is -0.882. The molecule has 0 aliphatic rings. The average molecular weight is 441 g/mol. The normalized spacial score (nSPS) is 11.0. The van der Waals surface area contributed by atoms with Crippen LogP contribution in [0.15, 0.2) is 50.1 Å². The molecule has 1 aromatic heterocycles. The van der Waals surface area contributed by atoms with Gasteiger partial charge in [-0.1, -0.05) is 22.8 Å². The molecule has 0 spiro atoms. The van der Waals surface area contributed by atoms with Gasteiger partial charge in [0.15, 0.2) is 0 Å². The van der Waals surface area contributed by atoms with Crippen LogP contribution in [-0.2, 0) is 31.3 Å². The number of nitroso groups, excluding NO2 is 1. The molecule has 160 valence electrons. The minimum atomic E-state index is -4.04. The van der Waals surface area contributed by atoms with Gasteiger partial charge in [0, 0.05) is 5.18 Å². The second kappa shape index (κ2) is 9.69. The van der Waals surface area contributed by atoms with Crippen molar-refractivity contribution in [3.8, 4) is 5.88 Å². The van der Waals surface area contributed by atoms with E-state index in [4.69, 9.17) is 14.5 Å². The van der Waals surface area contributed by atoms with Crippen LogP contribution in [0.4, 0.5) is 0 Å². The van der Waals surface area contributed by atoms with Gasteiger partial charge in [0.05, 0.1) is 11.3 Å². The summed E-state index contributed by atoms with van der Waals surface area (Å²) in [5.74, 6) is -3.84. The number of sulfone groups is 1. The molecule has 1 heterocycles. The number of ether oxygens (including phenoxy) is 1. The molecule has 1 N–H and O–H groups in total. The smallest absolute Gasteiger partial charge is 0.440 e. The lowest BCUT2D eigenvalue weighted by Crippen LogP contribution is -2.39. The van der Waals surface area contributed by atoms with Crippen molar-refractivity contribution in [2.45, 2.75) is 16.3 Å². The van der Waals surface area contributed by atoms with Crippen LogP contribution >= 0.6 is 0 Å². The number of hydrogen-bond donors (Lipinski definition) is 1. The Kier molecular flexibility index (Phi) is 7.30. The van der Waals surface area contributed by atoms with E-state index in [1.54, 1.807) is 6.07 Å². The molecule has 0 atom stereocenters. The third kappa shape index (κ3) is 5.44. The van der Waals surface area contributed by atoms with Gasteiger partial charge in [-0.15, -0.1) is 4.91 Å². The van der Waals surface area contributed by atoms with Crippen molar-refractivity contribution >= 4 is 27.6 Å². The second-order valence-electron chi connectivity index (χ2n) is 5.82. The van der Waals surface area contributed by atoms with E-state index >= 15 is 0 Å². The fraction of sp³-hybridized carbons (Fsp3) is 0.312. The molecule has 0 aliphatic carbocycles. The lowest BCUT2D eigenvalue weighted by Gasteiger charge is -2.17. The van der Waals surface area contributed by atoms with Crippen LogP contribution < -0.4 is 9.48 Å². The van der Waals surface area contributed by atoms with E-state index in [1.165, 1.54) is 31.3 Å². The minimum Gasteiger partial charge on any atom is -0.480 e. The summed E-state index contributed by atoms with van der Waals surface area (Å²) in [5, 5.41) is 14.1. The van der Waals surface area contributed by atoms with E-state index in [0.717, 1.165) is 4.74 Å². The van der Waals surface area contributed by atoms with Gasteiger partial charge in [0.1, 0.15) is 26.7 Å². The highest BCUT2D eigenvalue weighted by molar-refractivity contribution is 7.91. The highest BCUT2D eigenvalue weighted by atomic mass is 32.2. The van der Waals surface area contributed by atoms with Crippen LogP contribution in [-0.4, -0.2) is 61.1 Å². The molecular formula is C16H17N4O9S+. The van der Waals surface area contributed by atoms with E-state index in [2.05, 4.69) is 10.3 Å². The zero-order chi connectivity index (χ0) is 22.3. The Morgan fingerprint density at radius 3 is 2.50 bits per heavy atom. The van der Waals surface area contributed by atoms with Crippen molar-refractivity contribution in [1.82, 2.24) is 10.1 Å². The summed E-state index contributed by atoms with van der Waals surface area (Å²) in [4.78, 5) is 44.9. The number of hydrogen-bond acceptors (Lipinski definition) is 9. The number of aromatic nitrogens is 2. The van der Waals surface area contributed by atoms with Crippen molar-refractivity contribution in [2.75, 3.05) is 19.7 Å². The van der Waals surface area contributed by atoms with Crippen LogP contribution in [0.1, 0.15) is 6.42 Å². The first-order valence-electron chi connectivity index (χ1n) is 8.31. The summed E-state index contributed by atoms with van der Waals surface area (Å²) in [7, 11) is -2.74. The second-order valence-corrected chi connectivity index (χ2v) is 7.69. The quantitative estimate of drug-likeness (QED) is 0.366. The molecule has 14 heteroatoms. The average Bonchev–Trinajstić information content (AvgIpc) is 3.08. The van der Waals surface area contributed by atoms with Gasteiger partial charge < -0.3 is 14.7 Å². The van der Waals surface area contributed by atoms with E-state index in [-0.39, 0.29) is 9.92 Å². The standard InChI is InChI=1S/C16H16N4O9S/c1-19-16(30(26,27)11-5-3-2-4-6-11)15(18-29-19)28-8-7-13(22)20(10-14(23)24)9-12(21)17-25/h2-6H,7-10H2,1H3/p+1. The van der Waals surface area contributed by atoms with Crippen molar-refractivity contribution < 1.29 is 42.0 Å². The van der Waals surface area contributed by atoms with E-state index < -0.39 is 59.6 Å². The zero-order valence-corrected chi connectivity index (χ0v) is 16.4. The van der Waals surface area contributed by atoms with Crippen LogP contribution in [0, 0.1) is 4.91 Å². The molecule has 0 fully saturated rings. The maximum absolute atomic E-state index is 12.8. The van der Waals surface area contributed by atoms with Gasteiger partial charge in [-0.05, 0) is 16.9 Å². The van der Waals surface area contributed by atoms with Gasteiger partial charge in [-0.2, -0.15) is 0 Å². The number of aliphatic carboxylic acids is 1. The summed E-state index contributed by atoms with van der Waals surface area (Å²) in [6.07, 6.45) is -0.430. The van der Waals surface area contributed by atoms with Gasteiger partial charge in [0.25, 0.3) is 9.84 Å². The predicted octanol–water partition coefficient (Wildman–Crippen LogP) is -0.693. The highest BCUT2D eigenvalue weighted by Gasteiger charge is 2.37. The molecule has 13 nitrogen and oxygen atoms in total. The Labute approximate surface area is 169 Å². The fourth-order valence-electron chi connectivity index (χ4n) is 2.37. The first-order chi connectivity index (χ1) is 14.2. The number of carboxylic acids is 1. The summed E-state index contributed by atoms with van der Waals surface area (Å²) < 4.78 is 36.6. The first kappa shape index (κ1) is 22.6. The minimum absolute atomic E-state index is 0.0303. The van der Waals surface area contributed by atoms with Gasteiger partial charge >= 0.3 is 22.8 Å². The Morgan fingerprint density at radius 2 is 1.90 bits per heavy atom. The topological polar surface area (TPSA) is 177 Å². The van der Waals surface area contributed by atoms with E-state index in [0.29, 0.717) is 4.90 Å². The molecule has 0 aliphatic heterocycles. The summed E-state index contributed by atoms with van der Waals surface area (Å²) >= 11 is 0. The van der Waals surface area contributed by atoms with Gasteiger partial charge in [-0.3, -0.25) is 14.4 Å². The molecule has 0 radical (unpaired) electrons. The number of amides is 2. The molecule has 0 saturated heterocycles. The first-order valence-corrected chi connectivity index (χ1v) is 9.80. The third-order valence-electron chi connectivity index (χ3n) is 3.68. The van der Waals surface area contributed by atoms with Crippen LogP contribution in [0.5, 0.6) is 5.88 Å². The van der Waals surface area contributed by atoms with Crippen molar-refractivity contribution in [2.24, 2.45) is 12.2 Å². The number of carbonyl (C=O) groups is 3. The predicted molar refractivity (Wildman–Crippen MR) is 94.7 cm³/mol. The molecule has 2 amide bonds. The summed E-state index contributed by atoms with van der Waals surface area (Å²) in [6.45, 7) is -2.03. The zero-order valence-electron chi connectivity index (χ0n) is 15.6. The Balaban J connectivity index is 2.12. The summed E-state index contributed by atoms with van der Waals surface area (Å²) in [6, 6.07) is 7.45. The van der Waals surface area contributed by atoms with Crippen molar-refractivity contribution in [3.05, 3.63) is 35.2 Å². The molecular weight excluding hydrogens is 424 g/mol. The van der Waals surface area contributed by atoms with Crippen LogP contribution in [0.3, 0.4) is 0 Å². The monoisotopic (exact) mass is 441 g/mol. The number of aryl methyl sites for hydroxylation is 1. The molecule has 0 unspecified atom stereocenters. The van der Waals surface area contributed by atoms with Crippen LogP contribution in [0.25, 0.3) is 0 Å². The van der Waals surface area contributed by atoms with E-state index in [9.17, 15) is 27.7 Å². The van der Waals surface area contributed by atoms with Gasteiger partial charge in [-0.25, -0.2) is 8.42 Å². The summed E-state index contributed by atoms with van der Waals surface area (Å²) in [5.41, 5.74) is 0. The highest BCUT2D eigenvalue weighted by Crippen LogP contribution is 2.24. The number of nitrogens with zero attached hydrogens (tertiary/aromatic N) is 4. The maximum atomic E-state index is 12.8. The SMILES string of the molecule is C[n+]1onc(OCCC(=O)N(CC(=O)O)CC(=O)N=O)c1S(=O)(=O)c1ccccc1. The maximum Gasteiger partial charge on any atom is 0.440 e. The van der Waals surface area contributed by atoms with Gasteiger partial charge in [0.2, 0.25) is 11.1 Å². The molecule has 2 aromatic rings. The third-order valence-corrected chi connectivity index (χ3v) is 5.52. The van der Waals surface area contributed by atoms with Crippen molar-refractivity contribution in [1.29, 1.82) is 0 Å². The molecule has 1 aromatic carbocycles. The fourth-order valence-corrected chi connectivity index (χ4v) is 3.81. The van der Waals surface area contributed by atoms with Crippen molar-refractivity contribution in [3.63, 3.8) is 0 Å². The Hall–Kier alpha value is -3.68. The number of carbonyl (C=O) groups excluding carboxylic acids is 2. The van der Waals surface area contributed by atoms with E-state index in [1.807, 2.05) is 0 Å². The van der Waals surface area contributed by atoms with Crippen LogP contribution in [0.2, 0.25) is 0 Å². The number of rotatable bonds is 10. The molecule has 0 bridgehead atoms. The Bertz CT molecular complexity index is 1050. The largest absolute Gasteiger partial charge is 0.480 e. The lowest BCUT2D eigenvalue weighted by atomic mass is 10.3. The number of benzene rings is 1. The molecule has 2 rings (SSSR count). The molecule has 30 heavy (non-hydrogen) atoms. The Morgan fingerprint density at radius 1 is 1.23 bits per heavy atom.